The van der Waals surface area contributed by atoms with E-state index < -0.39 is 89.9 Å². The maximum absolute atomic E-state index is 16.3. The van der Waals surface area contributed by atoms with E-state index in [1.165, 1.54) is 14.2 Å². The number of fused-ring (bicyclic) bond motifs is 3. The minimum Gasteiger partial charge on any atom is -0.497 e. The van der Waals surface area contributed by atoms with Crippen LogP contribution in [0.3, 0.4) is 0 Å². The second-order valence-electron chi connectivity index (χ2n) is 19.6. The van der Waals surface area contributed by atoms with E-state index in [4.69, 9.17) is 33.2 Å². The quantitative estimate of drug-likeness (QED) is 0.130. The Morgan fingerprint density at radius 3 is 2.24 bits per heavy atom. The number of rotatable bonds is 11. The number of piperidine rings is 1. The van der Waals surface area contributed by atoms with Crippen LogP contribution in [0, 0.1) is 29.6 Å². The van der Waals surface area contributed by atoms with Crippen molar-refractivity contribution >= 4 is 29.5 Å². The minimum absolute atomic E-state index is 0.0130. The van der Waals surface area contributed by atoms with E-state index in [1.54, 1.807) is 48.0 Å². The number of aliphatic hydroxyl groups excluding tert-OH is 1. The third-order valence-electron chi connectivity index (χ3n) is 14.9. The number of hydrogen-bond acceptors (Lipinski definition) is 13. The predicted molar refractivity (Wildman–Crippen MR) is 254 cm³/mol. The second-order valence-corrected chi connectivity index (χ2v) is 19.6. The molecule has 380 valence electrons. The molecule has 1 saturated carbocycles. The van der Waals surface area contributed by atoms with Gasteiger partial charge in [-0.05, 0) is 112 Å². The number of nitrogens with zero attached hydrogens (tertiary/aromatic N) is 1. The topological polar surface area (TPSA) is 177 Å². The molecule has 1 aromatic rings. The molecule has 1 amide bonds. The van der Waals surface area contributed by atoms with E-state index in [-0.39, 0.29) is 56.1 Å². The van der Waals surface area contributed by atoms with Crippen LogP contribution in [0.5, 0.6) is 5.75 Å². The first-order chi connectivity index (χ1) is 32.4. The van der Waals surface area contributed by atoms with Crippen LogP contribution in [-0.2, 0) is 47.6 Å². The molecule has 15 unspecified atom stereocenters. The molecule has 0 aromatic heterocycles. The number of aliphatic hydroxyl groups is 2. The number of Topliss-reactive ketones (excluding diaryl/α,β-unsaturated/α-hetero) is 2. The highest BCUT2D eigenvalue weighted by Crippen LogP contribution is 2.40. The van der Waals surface area contributed by atoms with Crippen LogP contribution >= 0.6 is 0 Å². The molecule has 2 bridgehead atoms. The van der Waals surface area contributed by atoms with E-state index in [0.29, 0.717) is 49.9 Å². The van der Waals surface area contributed by atoms with Gasteiger partial charge in [0.15, 0.2) is 0 Å². The van der Waals surface area contributed by atoms with Crippen molar-refractivity contribution in [1.82, 2.24) is 4.90 Å². The molecule has 5 rings (SSSR count). The summed E-state index contributed by atoms with van der Waals surface area (Å²) in [6.45, 7) is 10.7. The average molecular weight is 956 g/mol. The third kappa shape index (κ3) is 13.3. The Labute approximate surface area is 402 Å². The van der Waals surface area contributed by atoms with Crippen molar-refractivity contribution < 1.29 is 66.9 Å². The predicted octanol–water partition coefficient (Wildman–Crippen LogP) is 7.17. The molecule has 14 nitrogen and oxygen atoms in total. The SMILES string of the molecule is CCC1/C=C(\C)C(F)C(C)CC(OC)C2OC(O)(C(=O)C(=O)N3CCCCC3C(=O)OC(C(C)=CC3CCC(OCC=Cc4ccc(OC)cc4)C(OC)C3)C(C)C(O)CC1=O)C(C)CC2OC. The maximum Gasteiger partial charge on any atom is 0.329 e. The fourth-order valence-corrected chi connectivity index (χ4v) is 10.5. The standard InChI is InChI=1S/C53H78FNO13/c1-11-38-26-31(2)47(54)32(3)27-45(64-9)49-46(65-10)28-34(5)53(61,68-49)50(58)51(59)55-23-13-12-16-40(55)52(60)67-48(35(6)41(56)30-42(38)57)33(4)25-37-19-22-43(44(29-37)63-8)66-24-14-15-36-17-20-39(62-7)21-18-36/h14-15,17-18,20-21,25-26,32,34-35,37-38,40-41,43-49,56,61H,11-13,16,19,22-24,27-30H2,1-10H3/b15-14?,31-26+,33-25?. The molecule has 3 aliphatic heterocycles. The van der Waals surface area contributed by atoms with Crippen LogP contribution in [0.15, 0.2) is 53.6 Å². The third-order valence-corrected chi connectivity index (χ3v) is 14.9. The van der Waals surface area contributed by atoms with Crippen LogP contribution in [0.4, 0.5) is 4.39 Å². The van der Waals surface area contributed by atoms with Crippen molar-refractivity contribution in [3.05, 3.63) is 59.2 Å². The summed E-state index contributed by atoms with van der Waals surface area (Å²) in [5.74, 6) is -8.31. The molecule has 68 heavy (non-hydrogen) atoms. The number of ketones is 2. The largest absolute Gasteiger partial charge is 0.497 e. The molecule has 2 N–H and O–H groups in total. The number of halogens is 1. The first-order valence-electron chi connectivity index (χ1n) is 24.6. The molecule has 0 radical (unpaired) electrons. The zero-order chi connectivity index (χ0) is 49.9. The Balaban J connectivity index is 1.44. The van der Waals surface area contributed by atoms with E-state index in [9.17, 15) is 29.4 Å². The van der Waals surface area contributed by atoms with Crippen LogP contribution in [-0.4, -0.2) is 141 Å². The summed E-state index contributed by atoms with van der Waals surface area (Å²) in [6.07, 6.45) is 4.38. The van der Waals surface area contributed by atoms with Crippen molar-refractivity contribution in [3.63, 3.8) is 0 Å². The highest BCUT2D eigenvalue weighted by atomic mass is 19.1. The molecule has 15 heteroatoms. The monoisotopic (exact) mass is 956 g/mol. The maximum atomic E-state index is 16.3. The second kappa shape index (κ2) is 25.3. The van der Waals surface area contributed by atoms with Crippen molar-refractivity contribution in [1.29, 1.82) is 0 Å². The first-order valence-corrected chi connectivity index (χ1v) is 24.6. The summed E-state index contributed by atoms with van der Waals surface area (Å²) >= 11 is 0. The van der Waals surface area contributed by atoms with Crippen molar-refractivity contribution in [2.45, 2.75) is 166 Å². The summed E-state index contributed by atoms with van der Waals surface area (Å²) in [4.78, 5) is 58.4. The smallest absolute Gasteiger partial charge is 0.329 e. The molecular weight excluding hydrogens is 878 g/mol. The van der Waals surface area contributed by atoms with Gasteiger partial charge in [-0.15, -0.1) is 0 Å². The highest BCUT2D eigenvalue weighted by molar-refractivity contribution is 6.39. The lowest BCUT2D eigenvalue weighted by Crippen LogP contribution is -2.64. The Kier molecular flexibility index (Phi) is 20.5. The zero-order valence-corrected chi connectivity index (χ0v) is 41.9. The Morgan fingerprint density at radius 1 is 0.912 bits per heavy atom. The molecule has 0 spiro atoms. The Morgan fingerprint density at radius 2 is 1.59 bits per heavy atom. The van der Waals surface area contributed by atoms with Gasteiger partial charge >= 0.3 is 5.97 Å². The number of amides is 1. The molecular formula is C53H78FNO13. The number of methoxy groups -OCH3 is 4. The molecule has 3 heterocycles. The van der Waals surface area contributed by atoms with Crippen LogP contribution < -0.4 is 4.74 Å². The fraction of sp³-hybridized carbons (Fsp3) is 0.698. The van der Waals surface area contributed by atoms with Gasteiger partial charge in [-0.1, -0.05) is 64.1 Å². The van der Waals surface area contributed by atoms with Gasteiger partial charge in [0.05, 0.1) is 44.2 Å². The van der Waals surface area contributed by atoms with Gasteiger partial charge in [0.25, 0.3) is 11.7 Å². The van der Waals surface area contributed by atoms with Crippen molar-refractivity contribution in [3.8, 4) is 5.75 Å². The number of esters is 1. The summed E-state index contributed by atoms with van der Waals surface area (Å²) in [5, 5.41) is 23.9. The van der Waals surface area contributed by atoms with E-state index in [2.05, 4.69) is 0 Å². The van der Waals surface area contributed by atoms with Gasteiger partial charge in [0.1, 0.15) is 36.0 Å². The Hall–Kier alpha value is -3.83. The first kappa shape index (κ1) is 55.1. The van der Waals surface area contributed by atoms with Gasteiger partial charge in [-0.2, -0.15) is 0 Å². The number of allylic oxidation sites excluding steroid dienone is 3. The number of carbonyl (C=O) groups excluding carboxylic acids is 4. The molecule has 1 aliphatic carbocycles. The van der Waals surface area contributed by atoms with Crippen molar-refractivity contribution in [2.75, 3.05) is 41.6 Å². The number of ether oxygens (including phenoxy) is 7. The zero-order valence-electron chi connectivity index (χ0n) is 41.9. The number of cyclic esters (lactones) is 1. The molecule has 15 atom stereocenters. The van der Waals surface area contributed by atoms with Gasteiger partial charge in [0, 0.05) is 52.0 Å². The fourth-order valence-electron chi connectivity index (χ4n) is 10.5. The summed E-state index contributed by atoms with van der Waals surface area (Å²) in [6, 6.07) is 6.55. The summed E-state index contributed by atoms with van der Waals surface area (Å²) in [7, 11) is 6.17. The van der Waals surface area contributed by atoms with E-state index >= 15 is 4.39 Å². The normalized spacial score (nSPS) is 37.5. The number of alkyl halides is 1. The van der Waals surface area contributed by atoms with Gasteiger partial charge in [-0.3, -0.25) is 14.4 Å². The lowest BCUT2D eigenvalue weighted by molar-refractivity contribution is -0.302. The van der Waals surface area contributed by atoms with Gasteiger partial charge in [-0.25, -0.2) is 9.18 Å². The number of carbonyl (C=O) groups is 4. The van der Waals surface area contributed by atoms with E-state index in [0.717, 1.165) is 22.6 Å². The van der Waals surface area contributed by atoms with Crippen LogP contribution in [0.25, 0.3) is 6.08 Å². The lowest BCUT2D eigenvalue weighted by Gasteiger charge is -2.47. The molecule has 1 aromatic carbocycles. The molecule has 3 fully saturated rings. The molecule has 2 saturated heterocycles. The lowest BCUT2D eigenvalue weighted by atomic mass is 9.81. The summed E-state index contributed by atoms with van der Waals surface area (Å²) in [5.41, 5.74) is 2.00. The number of benzene rings is 1. The number of hydrogen-bond donors (Lipinski definition) is 2. The molecule has 4 aliphatic rings. The van der Waals surface area contributed by atoms with Crippen LogP contribution in [0.2, 0.25) is 0 Å². The van der Waals surface area contributed by atoms with Crippen LogP contribution in [0.1, 0.15) is 111 Å². The van der Waals surface area contributed by atoms with Gasteiger partial charge < -0.3 is 48.3 Å². The minimum atomic E-state index is -2.61. The highest BCUT2D eigenvalue weighted by Gasteiger charge is 2.57. The van der Waals surface area contributed by atoms with Gasteiger partial charge in [0.2, 0.25) is 5.79 Å². The Bertz CT molecular complexity index is 1940. The van der Waals surface area contributed by atoms with E-state index in [1.807, 2.05) is 56.3 Å². The van der Waals surface area contributed by atoms with Crippen molar-refractivity contribution in [2.24, 2.45) is 29.6 Å². The average Bonchev–Trinajstić information content (AvgIpc) is 3.34. The summed E-state index contributed by atoms with van der Waals surface area (Å²) < 4.78 is 57.9.